The first-order chi connectivity index (χ1) is 21.8. The van der Waals surface area contributed by atoms with Crippen molar-refractivity contribution < 1.29 is 57.6 Å². The minimum absolute atomic E-state index is 0.105. The zero-order chi connectivity index (χ0) is 35.4. The predicted molar refractivity (Wildman–Crippen MR) is 166 cm³/mol. The van der Waals surface area contributed by atoms with Crippen molar-refractivity contribution in [1.82, 2.24) is 0 Å². The van der Waals surface area contributed by atoms with E-state index in [0.29, 0.717) is 0 Å². The smallest absolute Gasteiger partial charge is 0.338 e. The highest BCUT2D eigenvalue weighted by atomic mass is 16.6. The average Bonchev–Trinajstić information content (AvgIpc) is 3.22. The van der Waals surface area contributed by atoms with Gasteiger partial charge in [0.25, 0.3) is 0 Å². The van der Waals surface area contributed by atoms with E-state index >= 15 is 0 Å². The second-order valence-corrected chi connectivity index (χ2v) is 12.9. The third-order valence-corrected chi connectivity index (χ3v) is 8.60. The van der Waals surface area contributed by atoms with Crippen molar-refractivity contribution in [2.45, 2.75) is 97.9 Å². The molecule has 12 heteroatoms. The molecule has 3 rings (SSSR count). The van der Waals surface area contributed by atoms with Crippen LogP contribution < -0.4 is 0 Å². The highest BCUT2D eigenvalue weighted by Crippen LogP contribution is 2.50. The summed E-state index contributed by atoms with van der Waals surface area (Å²) in [5.74, 6) is -7.76. The van der Waals surface area contributed by atoms with Crippen LogP contribution >= 0.6 is 0 Å². The molecular weight excluding hydrogens is 612 g/mol. The number of esters is 5. The minimum Gasteiger partial charge on any atom is -0.458 e. The number of aliphatic hydroxyl groups is 1. The van der Waals surface area contributed by atoms with Crippen LogP contribution in [0.3, 0.4) is 0 Å². The fourth-order valence-corrected chi connectivity index (χ4v) is 6.56. The molecule has 0 amide bonds. The maximum Gasteiger partial charge on any atom is 0.338 e. The standard InChI is InChI=1S/C35H44O12/c1-18-15-16-34(8,9)32(45-23(6)38)30(44-22(5)37)29(46-33(42)25-13-11-10-12-14-25)20(3)28(43-21(4)36)26-27(40)19(2)17-35(26,31(18)41)47-24(7)39/h10-16,18-19,26-30,32,40H,3,17H2,1-2,4-9H3/b16-15+/t18-,19+,26-,27+,28+,29+,30-,32-,35-/m1/s1. The molecule has 1 fully saturated rings. The van der Waals surface area contributed by atoms with Crippen LogP contribution in [0.2, 0.25) is 0 Å². The molecule has 0 unspecified atom stereocenters. The van der Waals surface area contributed by atoms with Crippen LogP contribution in [-0.2, 0) is 47.7 Å². The van der Waals surface area contributed by atoms with Gasteiger partial charge >= 0.3 is 29.8 Å². The zero-order valence-corrected chi connectivity index (χ0v) is 28.0. The van der Waals surface area contributed by atoms with Crippen molar-refractivity contribution in [2.75, 3.05) is 0 Å². The SMILES string of the molecule is C=C1[C@H](OC(=O)c2ccccc2)[C@@H](OC(C)=O)[C@@H](OC(C)=O)C(C)(C)/C=C/[C@@H](C)C(=O)[C@@]2(OC(C)=O)C[C@H](C)[C@H](O)[C@@H]2[C@H]1OC(C)=O. The van der Waals surface area contributed by atoms with E-state index in [4.69, 9.17) is 23.7 Å². The minimum atomic E-state index is -2.01. The molecule has 0 radical (unpaired) electrons. The van der Waals surface area contributed by atoms with Crippen LogP contribution in [0.5, 0.6) is 0 Å². The van der Waals surface area contributed by atoms with Gasteiger partial charge in [-0.1, -0.05) is 64.6 Å². The lowest BCUT2D eigenvalue weighted by molar-refractivity contribution is -0.188. The number of carbonyl (C=O) groups is 6. The first-order valence-electron chi connectivity index (χ1n) is 15.4. The van der Waals surface area contributed by atoms with Gasteiger partial charge in [0.15, 0.2) is 29.7 Å². The molecule has 47 heavy (non-hydrogen) atoms. The topological polar surface area (TPSA) is 169 Å². The van der Waals surface area contributed by atoms with Gasteiger partial charge in [-0.25, -0.2) is 4.79 Å². The highest BCUT2D eigenvalue weighted by molar-refractivity contribution is 5.93. The average molecular weight is 657 g/mol. The second kappa shape index (κ2) is 14.6. The summed E-state index contributed by atoms with van der Waals surface area (Å²) in [5.41, 5.74) is -3.33. The summed E-state index contributed by atoms with van der Waals surface area (Å²) in [6.45, 7) is 15.1. The molecule has 0 spiro atoms. The summed E-state index contributed by atoms with van der Waals surface area (Å²) in [6.07, 6.45) is -4.66. The monoisotopic (exact) mass is 656 g/mol. The van der Waals surface area contributed by atoms with Crippen LogP contribution in [0.15, 0.2) is 54.6 Å². The number of Topliss-reactive ketones (excluding diaryl/α,β-unsaturated/α-hetero) is 1. The molecule has 1 aromatic rings. The van der Waals surface area contributed by atoms with Crippen LogP contribution in [-0.4, -0.2) is 76.9 Å². The molecule has 1 aromatic carbocycles. The molecule has 0 bridgehead atoms. The number of ketones is 1. The van der Waals surface area contributed by atoms with E-state index in [1.807, 2.05) is 0 Å². The van der Waals surface area contributed by atoms with E-state index in [2.05, 4.69) is 6.58 Å². The van der Waals surface area contributed by atoms with Crippen LogP contribution in [0.1, 0.15) is 72.2 Å². The van der Waals surface area contributed by atoms with Gasteiger partial charge in [-0.2, -0.15) is 0 Å². The largest absolute Gasteiger partial charge is 0.458 e. The summed E-state index contributed by atoms with van der Waals surface area (Å²) in [7, 11) is 0. The molecule has 2 aliphatic rings. The maximum absolute atomic E-state index is 14.4. The van der Waals surface area contributed by atoms with Gasteiger partial charge < -0.3 is 28.8 Å². The third-order valence-electron chi connectivity index (χ3n) is 8.60. The van der Waals surface area contributed by atoms with Gasteiger partial charge in [0.2, 0.25) is 0 Å². The first-order valence-corrected chi connectivity index (χ1v) is 15.4. The lowest BCUT2D eigenvalue weighted by atomic mass is 9.72. The number of fused-ring (bicyclic) bond motifs is 1. The molecule has 256 valence electrons. The Balaban J connectivity index is 2.45. The summed E-state index contributed by atoms with van der Waals surface area (Å²) in [6, 6.07) is 7.85. The Kier molecular flexibility index (Phi) is 11.6. The lowest BCUT2D eigenvalue weighted by Crippen LogP contribution is -2.58. The number of hydrogen-bond acceptors (Lipinski definition) is 12. The van der Waals surface area contributed by atoms with Crippen LogP contribution in [0, 0.1) is 23.2 Å². The number of allylic oxidation sites excluding steroid dienone is 1. The van der Waals surface area contributed by atoms with E-state index < -0.39 is 94.9 Å². The molecule has 12 nitrogen and oxygen atoms in total. The summed E-state index contributed by atoms with van der Waals surface area (Å²) in [4.78, 5) is 78.5. The van der Waals surface area contributed by atoms with Gasteiger partial charge in [0.05, 0.1) is 17.6 Å². The normalized spacial score (nSPS) is 32.8. The molecule has 0 aliphatic heterocycles. The van der Waals surface area contributed by atoms with E-state index in [1.54, 1.807) is 52.0 Å². The molecule has 2 aliphatic carbocycles. The number of carbonyl (C=O) groups excluding carboxylic acids is 6. The van der Waals surface area contributed by atoms with Gasteiger partial charge in [-0.15, -0.1) is 0 Å². The summed E-state index contributed by atoms with van der Waals surface area (Å²) in [5, 5.41) is 11.6. The number of aliphatic hydroxyl groups excluding tert-OH is 1. The van der Waals surface area contributed by atoms with Gasteiger partial charge in [-0.05, 0) is 18.1 Å². The zero-order valence-electron chi connectivity index (χ0n) is 28.0. The molecule has 0 saturated heterocycles. The van der Waals surface area contributed by atoms with E-state index in [1.165, 1.54) is 18.2 Å². The number of hydrogen-bond donors (Lipinski definition) is 1. The van der Waals surface area contributed by atoms with Crippen molar-refractivity contribution >= 4 is 35.6 Å². The van der Waals surface area contributed by atoms with Gasteiger partial charge in [0.1, 0.15) is 6.10 Å². The van der Waals surface area contributed by atoms with Gasteiger partial charge in [0, 0.05) is 51.0 Å². The predicted octanol–water partition coefficient (Wildman–Crippen LogP) is 3.68. The molecule has 1 saturated carbocycles. The molecule has 9 atom stereocenters. The van der Waals surface area contributed by atoms with E-state index in [-0.39, 0.29) is 17.6 Å². The lowest BCUT2D eigenvalue weighted by Gasteiger charge is -2.44. The van der Waals surface area contributed by atoms with Crippen molar-refractivity contribution in [1.29, 1.82) is 0 Å². The Morgan fingerprint density at radius 2 is 1.40 bits per heavy atom. The first kappa shape index (κ1) is 37.1. The molecule has 1 N–H and O–H groups in total. The maximum atomic E-state index is 14.4. The number of benzene rings is 1. The summed E-state index contributed by atoms with van der Waals surface area (Å²) >= 11 is 0. The molecule has 0 heterocycles. The van der Waals surface area contributed by atoms with E-state index in [0.717, 1.165) is 27.7 Å². The fourth-order valence-electron chi connectivity index (χ4n) is 6.56. The fraction of sp³-hybridized carbons (Fsp3) is 0.543. The number of ether oxygens (including phenoxy) is 5. The highest BCUT2D eigenvalue weighted by Gasteiger charge is 2.64. The van der Waals surface area contributed by atoms with E-state index in [9.17, 15) is 33.9 Å². The van der Waals surface area contributed by atoms with Crippen molar-refractivity contribution in [3.05, 3.63) is 60.2 Å². The second-order valence-electron chi connectivity index (χ2n) is 12.9. The Hall–Kier alpha value is -4.32. The Morgan fingerprint density at radius 1 is 0.830 bits per heavy atom. The Labute approximate surface area is 274 Å². The molecular formula is C35H44O12. The van der Waals surface area contributed by atoms with Crippen LogP contribution in [0.4, 0.5) is 0 Å². The van der Waals surface area contributed by atoms with Crippen LogP contribution in [0.25, 0.3) is 0 Å². The summed E-state index contributed by atoms with van der Waals surface area (Å²) < 4.78 is 29.1. The quantitative estimate of drug-likeness (QED) is 0.268. The van der Waals surface area contributed by atoms with Crippen molar-refractivity contribution in [3.8, 4) is 0 Å². The third kappa shape index (κ3) is 8.16. The Bertz CT molecular complexity index is 1430. The number of rotatable bonds is 6. The van der Waals surface area contributed by atoms with Gasteiger partial charge in [-0.3, -0.25) is 24.0 Å². The Morgan fingerprint density at radius 3 is 1.94 bits per heavy atom. The van der Waals surface area contributed by atoms with Crippen molar-refractivity contribution in [2.24, 2.45) is 23.2 Å². The van der Waals surface area contributed by atoms with Crippen molar-refractivity contribution in [3.63, 3.8) is 0 Å². The molecule has 0 aromatic heterocycles.